The van der Waals surface area contributed by atoms with Crippen LogP contribution in [0.1, 0.15) is 22.9 Å². The van der Waals surface area contributed by atoms with Crippen LogP contribution in [0, 0.1) is 6.92 Å². The van der Waals surface area contributed by atoms with Crippen molar-refractivity contribution in [3.05, 3.63) is 117 Å². The molecular formula is C28H24N4O2. The van der Waals surface area contributed by atoms with Crippen LogP contribution in [-0.2, 0) is 14.1 Å². The van der Waals surface area contributed by atoms with Gasteiger partial charge in [0.2, 0.25) is 0 Å². The van der Waals surface area contributed by atoms with Gasteiger partial charge in [0.1, 0.15) is 0 Å². The molecule has 1 aliphatic rings. The fourth-order valence-electron chi connectivity index (χ4n) is 5.23. The number of rotatable bonds is 2. The highest BCUT2D eigenvalue weighted by Crippen LogP contribution is 2.45. The Morgan fingerprint density at radius 1 is 0.794 bits per heavy atom. The summed E-state index contributed by atoms with van der Waals surface area (Å²) in [4.78, 5) is 26.7. The van der Waals surface area contributed by atoms with E-state index in [0.717, 1.165) is 39.5 Å². The second kappa shape index (κ2) is 7.35. The predicted molar refractivity (Wildman–Crippen MR) is 136 cm³/mol. The van der Waals surface area contributed by atoms with Crippen LogP contribution < -0.4 is 16.6 Å². The van der Waals surface area contributed by atoms with Gasteiger partial charge in [-0.1, -0.05) is 66.7 Å². The summed E-state index contributed by atoms with van der Waals surface area (Å²) in [7, 11) is 3.29. The monoisotopic (exact) mass is 448 g/mol. The minimum absolute atomic E-state index is 0.242. The number of hydrogen-bond acceptors (Lipinski definition) is 3. The molecule has 1 N–H and O–H groups in total. The van der Waals surface area contributed by atoms with Crippen molar-refractivity contribution in [2.45, 2.75) is 13.0 Å². The van der Waals surface area contributed by atoms with E-state index < -0.39 is 0 Å². The normalized spacial score (nSPS) is 14.5. The molecule has 34 heavy (non-hydrogen) atoms. The fraction of sp³-hybridized carbons (Fsp3) is 0.143. The van der Waals surface area contributed by atoms with Crippen molar-refractivity contribution in [1.82, 2.24) is 13.7 Å². The van der Waals surface area contributed by atoms with Crippen molar-refractivity contribution in [3.8, 4) is 16.9 Å². The first-order valence-electron chi connectivity index (χ1n) is 11.3. The molecule has 0 unspecified atom stereocenters. The van der Waals surface area contributed by atoms with E-state index in [1.807, 2.05) is 60.7 Å². The van der Waals surface area contributed by atoms with E-state index in [1.165, 1.54) is 4.57 Å². The summed E-state index contributed by atoms with van der Waals surface area (Å²) in [5, 5.41) is 4.25. The minimum atomic E-state index is -0.340. The fourth-order valence-corrected chi connectivity index (χ4v) is 5.23. The van der Waals surface area contributed by atoms with Crippen LogP contribution in [0.25, 0.3) is 27.8 Å². The lowest BCUT2D eigenvalue weighted by Crippen LogP contribution is -2.37. The van der Waals surface area contributed by atoms with E-state index in [1.54, 1.807) is 18.7 Å². The molecule has 3 heterocycles. The number of benzene rings is 3. The average Bonchev–Trinajstić information content (AvgIpc) is 3.23. The summed E-state index contributed by atoms with van der Waals surface area (Å²) in [5.74, 6) is 0. The molecule has 5 aromatic rings. The quantitative estimate of drug-likeness (QED) is 0.432. The van der Waals surface area contributed by atoms with Crippen LogP contribution in [0.3, 0.4) is 0 Å². The van der Waals surface area contributed by atoms with Crippen LogP contribution in [-0.4, -0.2) is 13.7 Å². The maximum Gasteiger partial charge on any atom is 0.331 e. The van der Waals surface area contributed by atoms with Gasteiger partial charge in [-0.15, -0.1) is 0 Å². The summed E-state index contributed by atoms with van der Waals surface area (Å²) in [6.07, 6.45) is 0. The summed E-state index contributed by atoms with van der Waals surface area (Å²) in [6, 6.07) is 26.0. The lowest BCUT2D eigenvalue weighted by Gasteiger charge is -2.32. The Kier molecular flexibility index (Phi) is 4.39. The van der Waals surface area contributed by atoms with Crippen LogP contribution in [0.5, 0.6) is 0 Å². The molecule has 0 bridgehead atoms. The molecule has 6 rings (SSSR count). The molecule has 0 amide bonds. The molecule has 168 valence electrons. The zero-order valence-corrected chi connectivity index (χ0v) is 19.2. The van der Waals surface area contributed by atoms with Gasteiger partial charge >= 0.3 is 5.69 Å². The lowest BCUT2D eigenvalue weighted by atomic mass is 9.96. The third-order valence-electron chi connectivity index (χ3n) is 6.87. The molecule has 0 radical (unpaired) electrons. The Morgan fingerprint density at radius 2 is 1.47 bits per heavy atom. The number of para-hydroxylation sites is 2. The van der Waals surface area contributed by atoms with Gasteiger partial charge in [0.15, 0.2) is 0 Å². The lowest BCUT2D eigenvalue weighted by molar-refractivity contribution is 0.708. The van der Waals surface area contributed by atoms with E-state index in [4.69, 9.17) is 0 Å². The van der Waals surface area contributed by atoms with Gasteiger partial charge in [0, 0.05) is 14.1 Å². The van der Waals surface area contributed by atoms with Crippen molar-refractivity contribution in [3.63, 3.8) is 0 Å². The number of fused-ring (bicyclic) bond motifs is 5. The van der Waals surface area contributed by atoms with Gasteiger partial charge in [-0.05, 0) is 35.7 Å². The van der Waals surface area contributed by atoms with Crippen molar-refractivity contribution in [1.29, 1.82) is 0 Å². The third kappa shape index (κ3) is 2.68. The summed E-state index contributed by atoms with van der Waals surface area (Å²) in [5.41, 5.74) is 6.80. The first-order valence-corrected chi connectivity index (χ1v) is 11.3. The molecule has 0 spiro atoms. The van der Waals surface area contributed by atoms with Crippen molar-refractivity contribution in [2.24, 2.45) is 14.1 Å². The summed E-state index contributed by atoms with van der Waals surface area (Å²) >= 11 is 0. The molecule has 1 aliphatic heterocycles. The summed E-state index contributed by atoms with van der Waals surface area (Å²) in [6.45, 7) is 2.09. The summed E-state index contributed by atoms with van der Waals surface area (Å²) < 4.78 is 4.97. The number of nitrogens with zero attached hydrogens (tertiary/aromatic N) is 3. The van der Waals surface area contributed by atoms with Gasteiger partial charge in [0.25, 0.3) is 5.56 Å². The van der Waals surface area contributed by atoms with Gasteiger partial charge in [-0.25, -0.2) is 4.79 Å². The largest absolute Gasteiger partial charge is 0.371 e. The Labute approximate surface area is 196 Å². The molecule has 0 saturated carbocycles. The smallest absolute Gasteiger partial charge is 0.331 e. The van der Waals surface area contributed by atoms with E-state index in [0.29, 0.717) is 10.9 Å². The standard InChI is InChI=1S/C28H24N4O2/c1-17-11-7-8-14-19(17)23-26-25-22(27(33)31(3)28(34)30(25)2)24(18-12-5-4-6-13-18)32(26)21-16-10-9-15-20(21)29-23/h4-16,23,29H,1-3H3/t23-/m0/s1. The second-order valence-corrected chi connectivity index (χ2v) is 8.82. The van der Waals surface area contributed by atoms with Gasteiger partial charge < -0.3 is 9.88 Å². The highest BCUT2D eigenvalue weighted by molar-refractivity contribution is 5.99. The topological polar surface area (TPSA) is 61.0 Å². The number of aryl methyl sites for hydroxylation is 2. The zero-order valence-electron chi connectivity index (χ0n) is 19.2. The zero-order chi connectivity index (χ0) is 23.6. The van der Waals surface area contributed by atoms with Crippen LogP contribution in [0.2, 0.25) is 0 Å². The average molecular weight is 449 g/mol. The number of aromatic nitrogens is 3. The Morgan fingerprint density at radius 3 is 2.24 bits per heavy atom. The van der Waals surface area contributed by atoms with Gasteiger partial charge in [0.05, 0.1) is 39.7 Å². The van der Waals surface area contributed by atoms with Gasteiger partial charge in [-0.3, -0.25) is 13.9 Å². The Balaban J connectivity index is 1.89. The van der Waals surface area contributed by atoms with E-state index in [9.17, 15) is 9.59 Å². The van der Waals surface area contributed by atoms with Crippen LogP contribution >= 0.6 is 0 Å². The third-order valence-corrected chi connectivity index (χ3v) is 6.87. The second-order valence-electron chi connectivity index (χ2n) is 8.82. The molecular weight excluding hydrogens is 424 g/mol. The highest BCUT2D eigenvalue weighted by Gasteiger charge is 2.35. The number of nitrogens with one attached hydrogen (secondary N) is 1. The molecule has 2 aromatic heterocycles. The molecule has 6 nitrogen and oxygen atoms in total. The maximum absolute atomic E-state index is 13.7. The van der Waals surface area contributed by atoms with Gasteiger partial charge in [-0.2, -0.15) is 0 Å². The van der Waals surface area contributed by atoms with E-state index >= 15 is 0 Å². The maximum atomic E-state index is 13.7. The molecule has 1 atom stereocenters. The number of hydrogen-bond donors (Lipinski definition) is 1. The minimum Gasteiger partial charge on any atom is -0.371 e. The number of anilines is 1. The van der Waals surface area contributed by atoms with Crippen LogP contribution in [0.15, 0.2) is 88.5 Å². The highest BCUT2D eigenvalue weighted by atomic mass is 16.2. The van der Waals surface area contributed by atoms with E-state index in [2.05, 4.69) is 35.0 Å². The SMILES string of the molecule is Cc1ccccc1[C@@H]1Nc2ccccc2-n2c(-c3ccccc3)c3c(=O)n(C)c(=O)n(C)c3c21. The predicted octanol–water partition coefficient (Wildman–Crippen LogP) is 4.52. The first-order chi connectivity index (χ1) is 16.5. The van der Waals surface area contributed by atoms with Crippen molar-refractivity contribution < 1.29 is 0 Å². The van der Waals surface area contributed by atoms with Crippen molar-refractivity contribution in [2.75, 3.05) is 5.32 Å². The molecule has 6 heteroatoms. The first kappa shape index (κ1) is 20.3. The molecule has 0 fully saturated rings. The van der Waals surface area contributed by atoms with Crippen molar-refractivity contribution >= 4 is 16.6 Å². The van der Waals surface area contributed by atoms with E-state index in [-0.39, 0.29) is 17.3 Å². The molecule has 3 aromatic carbocycles. The molecule has 0 aliphatic carbocycles. The Hall–Kier alpha value is -4.32. The van der Waals surface area contributed by atoms with Crippen LogP contribution in [0.4, 0.5) is 5.69 Å². The Bertz CT molecular complexity index is 1710. The molecule has 0 saturated heterocycles.